The van der Waals surface area contributed by atoms with Crippen LogP contribution >= 0.6 is 22.2 Å². The molecule has 0 radical (unpaired) electrons. The molecule has 0 saturated heterocycles. The van der Waals surface area contributed by atoms with Gasteiger partial charge in [0.1, 0.15) is 0 Å². The van der Waals surface area contributed by atoms with E-state index in [1.165, 1.54) is 0 Å². The zero-order valence-corrected chi connectivity index (χ0v) is 9.42. The Bertz CT molecular complexity index is 183. The van der Waals surface area contributed by atoms with Crippen molar-refractivity contribution < 1.29 is 0 Å². The maximum atomic E-state index is 6.00. The fourth-order valence-corrected chi connectivity index (χ4v) is 3.42. The second kappa shape index (κ2) is 3.02. The molecule has 0 aliphatic heterocycles. The zero-order valence-electron chi connectivity index (χ0n) is 5.91. The largest absolute Gasteiger partial charge is 0.250 e. The monoisotopic (exact) mass is 206 g/mol. The van der Waals surface area contributed by atoms with Crippen LogP contribution in [0.4, 0.5) is 0 Å². The summed E-state index contributed by atoms with van der Waals surface area (Å²) in [6, 6.07) is 0. The lowest BCUT2D eigenvalue weighted by molar-refractivity contribution is 2.12. The van der Waals surface area contributed by atoms with Gasteiger partial charge in [-0.3, -0.25) is 0 Å². The summed E-state index contributed by atoms with van der Waals surface area (Å²) >= 11 is 12.0. The fourth-order valence-electron chi connectivity index (χ4n) is 0.271. The van der Waals surface area contributed by atoms with Gasteiger partial charge in [0.25, 0.3) is 0 Å². The van der Waals surface area contributed by atoms with Crippen molar-refractivity contribution in [1.29, 1.82) is 0 Å². The molecular weight excluding hydrogens is 199 g/mol. The second-order valence-corrected chi connectivity index (χ2v) is 19.3. The highest BCUT2D eigenvalue weighted by Crippen LogP contribution is 2.24. The Labute approximate surface area is 73.1 Å². The lowest BCUT2D eigenvalue weighted by atomic mass is 11.4. The van der Waals surface area contributed by atoms with E-state index in [1.807, 2.05) is 13.1 Å². The Balaban J connectivity index is 4.71. The SMILES string of the molecule is C#C[Si](C)(Cl)[Si](C)(Cl)C#C. The summed E-state index contributed by atoms with van der Waals surface area (Å²) in [4.78, 5) is 0. The van der Waals surface area contributed by atoms with E-state index >= 15 is 0 Å². The minimum absolute atomic E-state index is 1.81. The molecule has 2 atom stereocenters. The summed E-state index contributed by atoms with van der Waals surface area (Å²) in [6.45, 7) is -0.847. The van der Waals surface area contributed by atoms with Crippen molar-refractivity contribution >= 4 is 36.0 Å². The molecular formula is C6H8Cl2Si2. The molecule has 0 fully saturated rings. The third-order valence-electron chi connectivity index (χ3n) is 1.42. The van der Waals surface area contributed by atoms with Gasteiger partial charge in [0.05, 0.1) is 0 Å². The van der Waals surface area contributed by atoms with Crippen LogP contribution < -0.4 is 0 Å². The summed E-state index contributed by atoms with van der Waals surface area (Å²) < 4.78 is 0. The Morgan fingerprint density at radius 2 is 1.20 bits per heavy atom. The maximum absolute atomic E-state index is 6.00. The first kappa shape index (κ1) is 10.1. The Kier molecular flexibility index (Phi) is 3.07. The van der Waals surface area contributed by atoms with E-state index in [0.29, 0.717) is 0 Å². The number of rotatable bonds is 1. The van der Waals surface area contributed by atoms with Gasteiger partial charge >= 0.3 is 0 Å². The van der Waals surface area contributed by atoms with E-state index in [9.17, 15) is 0 Å². The van der Waals surface area contributed by atoms with Crippen LogP contribution in [0.1, 0.15) is 0 Å². The van der Waals surface area contributed by atoms with Gasteiger partial charge in [-0.1, -0.05) is 0 Å². The lowest BCUT2D eigenvalue weighted by Gasteiger charge is -2.21. The van der Waals surface area contributed by atoms with Crippen LogP contribution in [-0.4, -0.2) is 13.8 Å². The van der Waals surface area contributed by atoms with Crippen molar-refractivity contribution in [2.75, 3.05) is 0 Å². The Morgan fingerprint density at radius 3 is 1.30 bits per heavy atom. The molecule has 0 heterocycles. The van der Waals surface area contributed by atoms with Gasteiger partial charge in [-0.2, -0.15) is 22.2 Å². The molecule has 0 bridgehead atoms. The molecule has 0 rings (SSSR count). The van der Waals surface area contributed by atoms with Crippen molar-refractivity contribution in [1.82, 2.24) is 0 Å². The molecule has 0 aromatic heterocycles. The van der Waals surface area contributed by atoms with Crippen molar-refractivity contribution in [3.63, 3.8) is 0 Å². The van der Waals surface area contributed by atoms with Crippen LogP contribution in [-0.2, 0) is 0 Å². The zero-order chi connectivity index (χ0) is 8.41. The van der Waals surface area contributed by atoms with Crippen LogP contribution in [0.3, 0.4) is 0 Å². The molecule has 0 N–H and O–H groups in total. The molecule has 0 aliphatic carbocycles. The topological polar surface area (TPSA) is 0 Å². The minimum atomic E-state index is -2.24. The molecule has 0 aromatic carbocycles. The van der Waals surface area contributed by atoms with Crippen LogP contribution in [0.5, 0.6) is 0 Å². The van der Waals surface area contributed by atoms with Gasteiger partial charge in [-0.05, 0) is 13.1 Å². The average Bonchev–Trinajstić information content (AvgIpc) is 1.88. The van der Waals surface area contributed by atoms with Gasteiger partial charge in [-0.15, -0.1) is 23.9 Å². The molecule has 0 spiro atoms. The molecule has 0 aliphatic rings. The van der Waals surface area contributed by atoms with E-state index in [2.05, 4.69) is 11.1 Å². The number of hydrogen-bond donors (Lipinski definition) is 0. The number of hydrogen-bond acceptors (Lipinski definition) is 0. The third-order valence-corrected chi connectivity index (χ3v) is 18.8. The first-order chi connectivity index (χ1) is 4.37. The quantitative estimate of drug-likeness (QED) is 0.350. The predicted octanol–water partition coefficient (Wildman–Crippen LogP) is 2.04. The van der Waals surface area contributed by atoms with Crippen molar-refractivity contribution in [3.05, 3.63) is 0 Å². The van der Waals surface area contributed by atoms with Crippen LogP contribution in [0, 0.1) is 23.9 Å². The third kappa shape index (κ3) is 1.81. The van der Waals surface area contributed by atoms with Gasteiger partial charge in [0.15, 0.2) is 0 Å². The van der Waals surface area contributed by atoms with E-state index in [0.717, 1.165) is 0 Å². The Morgan fingerprint density at radius 1 is 1.00 bits per heavy atom. The molecule has 0 nitrogen and oxygen atoms in total. The standard InChI is InChI=1S/C6H8Cl2Si2/c1-5-9(3,7)10(4,8)6-2/h1-2H,3-4H3. The predicted molar refractivity (Wildman–Crippen MR) is 52.6 cm³/mol. The number of halogens is 2. The van der Waals surface area contributed by atoms with E-state index in [4.69, 9.17) is 35.0 Å². The van der Waals surface area contributed by atoms with Crippen molar-refractivity contribution in [2.24, 2.45) is 0 Å². The molecule has 2 unspecified atom stereocenters. The highest BCUT2D eigenvalue weighted by atomic mass is 35.6. The first-order valence-corrected chi connectivity index (χ1v) is 10.7. The average molecular weight is 207 g/mol. The van der Waals surface area contributed by atoms with Gasteiger partial charge in [0.2, 0.25) is 13.8 Å². The number of terminal acetylenes is 2. The summed E-state index contributed by atoms with van der Waals surface area (Å²) in [5, 5.41) is 0. The van der Waals surface area contributed by atoms with Gasteiger partial charge < -0.3 is 0 Å². The van der Waals surface area contributed by atoms with E-state index < -0.39 is 13.8 Å². The van der Waals surface area contributed by atoms with Crippen molar-refractivity contribution in [3.8, 4) is 23.9 Å². The highest BCUT2D eigenvalue weighted by molar-refractivity contribution is 7.75. The lowest BCUT2D eigenvalue weighted by Crippen LogP contribution is -2.49. The summed E-state index contributed by atoms with van der Waals surface area (Å²) in [6.07, 6.45) is 10.4. The fraction of sp³-hybridized carbons (Fsp3) is 0.333. The highest BCUT2D eigenvalue weighted by Gasteiger charge is 2.45. The van der Waals surface area contributed by atoms with Gasteiger partial charge in [0, 0.05) is 0 Å². The molecule has 0 saturated carbocycles. The molecule has 54 valence electrons. The summed E-state index contributed by atoms with van der Waals surface area (Å²) in [5.74, 6) is 0. The normalized spacial score (nSPS) is 21.4. The van der Waals surface area contributed by atoms with Crippen LogP contribution in [0.25, 0.3) is 0 Å². The van der Waals surface area contributed by atoms with E-state index in [1.54, 1.807) is 0 Å². The van der Waals surface area contributed by atoms with Gasteiger partial charge in [-0.25, -0.2) is 0 Å². The van der Waals surface area contributed by atoms with Crippen LogP contribution in [0.15, 0.2) is 0 Å². The second-order valence-electron chi connectivity index (χ2n) is 2.29. The van der Waals surface area contributed by atoms with Crippen LogP contribution in [0.2, 0.25) is 13.1 Å². The van der Waals surface area contributed by atoms with E-state index in [-0.39, 0.29) is 0 Å². The molecule has 10 heavy (non-hydrogen) atoms. The minimum Gasteiger partial charge on any atom is -0.151 e. The van der Waals surface area contributed by atoms with Crippen molar-refractivity contribution in [2.45, 2.75) is 13.1 Å². The maximum Gasteiger partial charge on any atom is 0.250 e. The Hall–Kier alpha value is 0.134. The molecule has 0 aromatic rings. The molecule has 0 amide bonds. The smallest absolute Gasteiger partial charge is 0.151 e. The summed E-state index contributed by atoms with van der Waals surface area (Å²) in [5.41, 5.74) is 5.05. The first-order valence-electron chi connectivity index (χ1n) is 2.71. The summed E-state index contributed by atoms with van der Waals surface area (Å²) in [7, 11) is 0. The molecule has 4 heteroatoms.